The summed E-state index contributed by atoms with van der Waals surface area (Å²) in [6.45, 7) is 7.07. The van der Waals surface area contributed by atoms with E-state index in [-0.39, 0.29) is 11.7 Å². The zero-order valence-electron chi connectivity index (χ0n) is 15.7. The number of rotatable bonds is 7. The molecular formula is C20H23N5OS. The molecule has 0 atom stereocenters. The predicted molar refractivity (Wildman–Crippen MR) is 109 cm³/mol. The van der Waals surface area contributed by atoms with Crippen LogP contribution in [0.15, 0.2) is 53.9 Å². The Morgan fingerprint density at radius 3 is 2.78 bits per heavy atom. The second-order valence-electron chi connectivity index (χ2n) is 6.76. The minimum absolute atomic E-state index is 0.0624. The highest BCUT2D eigenvalue weighted by Crippen LogP contribution is 2.25. The van der Waals surface area contributed by atoms with Crippen LogP contribution in [0.25, 0.3) is 11.4 Å². The van der Waals surface area contributed by atoms with Crippen molar-refractivity contribution in [1.29, 1.82) is 0 Å². The van der Waals surface area contributed by atoms with Crippen molar-refractivity contribution < 1.29 is 4.79 Å². The van der Waals surface area contributed by atoms with Crippen molar-refractivity contribution in [3.8, 4) is 11.4 Å². The Kier molecular flexibility index (Phi) is 6.24. The Bertz CT molecular complexity index is 908. The summed E-state index contributed by atoms with van der Waals surface area (Å²) in [5.74, 6) is 1.42. The third kappa shape index (κ3) is 5.17. The van der Waals surface area contributed by atoms with Crippen LogP contribution in [0.1, 0.15) is 19.4 Å². The third-order valence-electron chi connectivity index (χ3n) is 3.82. The minimum Gasteiger partial charge on any atom is -0.325 e. The van der Waals surface area contributed by atoms with E-state index in [0.717, 1.165) is 34.3 Å². The number of nitrogens with one attached hydrogen (secondary N) is 1. The highest BCUT2D eigenvalue weighted by molar-refractivity contribution is 7.99. The van der Waals surface area contributed by atoms with Crippen molar-refractivity contribution in [1.82, 2.24) is 19.7 Å². The molecule has 27 heavy (non-hydrogen) atoms. The van der Waals surface area contributed by atoms with Crippen molar-refractivity contribution in [2.45, 2.75) is 32.5 Å². The Morgan fingerprint density at radius 1 is 1.22 bits per heavy atom. The average Bonchev–Trinajstić information content (AvgIpc) is 3.02. The van der Waals surface area contributed by atoms with Gasteiger partial charge >= 0.3 is 0 Å². The average molecular weight is 382 g/mol. The Morgan fingerprint density at radius 2 is 2.07 bits per heavy atom. The lowest BCUT2D eigenvalue weighted by Crippen LogP contribution is -2.15. The zero-order valence-corrected chi connectivity index (χ0v) is 16.5. The summed E-state index contributed by atoms with van der Waals surface area (Å²) in [5, 5.41) is 12.3. The summed E-state index contributed by atoms with van der Waals surface area (Å²) in [6, 6.07) is 11.6. The molecule has 0 unspecified atom stereocenters. The molecule has 3 aromatic rings. The lowest BCUT2D eigenvalue weighted by atomic mass is 10.2. The molecule has 2 heterocycles. The van der Waals surface area contributed by atoms with Crippen LogP contribution >= 0.6 is 11.8 Å². The largest absolute Gasteiger partial charge is 0.325 e. The number of thioether (sulfide) groups is 1. The molecule has 6 nitrogen and oxygen atoms in total. The van der Waals surface area contributed by atoms with Crippen LogP contribution in [0.4, 0.5) is 5.69 Å². The minimum atomic E-state index is -0.0624. The lowest BCUT2D eigenvalue weighted by molar-refractivity contribution is -0.113. The van der Waals surface area contributed by atoms with E-state index >= 15 is 0 Å². The van der Waals surface area contributed by atoms with Crippen LogP contribution < -0.4 is 5.32 Å². The maximum atomic E-state index is 12.3. The molecule has 0 radical (unpaired) electrons. The van der Waals surface area contributed by atoms with Gasteiger partial charge in [-0.25, -0.2) is 0 Å². The molecule has 3 rings (SSSR count). The number of benzene rings is 1. The summed E-state index contributed by atoms with van der Waals surface area (Å²) in [4.78, 5) is 16.5. The Labute approximate surface area is 163 Å². The number of anilines is 1. The third-order valence-corrected chi connectivity index (χ3v) is 4.79. The molecular weight excluding hydrogens is 358 g/mol. The highest BCUT2D eigenvalue weighted by Gasteiger charge is 2.16. The van der Waals surface area contributed by atoms with Crippen molar-refractivity contribution >= 4 is 23.4 Å². The molecule has 0 saturated heterocycles. The van der Waals surface area contributed by atoms with Crippen LogP contribution in [0, 0.1) is 12.8 Å². The number of aryl methyl sites for hydroxylation is 1. The quantitative estimate of drug-likeness (QED) is 0.626. The molecule has 1 aromatic carbocycles. The molecule has 0 aliphatic rings. The Balaban J connectivity index is 1.72. The fourth-order valence-electron chi connectivity index (χ4n) is 2.68. The van der Waals surface area contributed by atoms with Crippen molar-refractivity contribution in [3.05, 3.63) is 54.4 Å². The van der Waals surface area contributed by atoms with E-state index in [0.29, 0.717) is 5.92 Å². The fraction of sp³-hybridized carbons (Fsp3) is 0.300. The lowest BCUT2D eigenvalue weighted by Gasteiger charge is -2.12. The molecule has 7 heteroatoms. The molecule has 0 spiro atoms. The number of hydrogen-bond acceptors (Lipinski definition) is 5. The number of carbonyl (C=O) groups is 1. The SMILES string of the molecule is Cc1cccc(NC(=O)CSc2nnc(-c3cccnc3)n2CC(C)C)c1. The summed E-state index contributed by atoms with van der Waals surface area (Å²) >= 11 is 1.39. The highest BCUT2D eigenvalue weighted by atomic mass is 32.2. The van der Waals surface area contributed by atoms with Gasteiger partial charge in [0.2, 0.25) is 5.91 Å². The molecule has 2 aromatic heterocycles. The van der Waals surface area contributed by atoms with Crippen molar-refractivity contribution in [2.75, 3.05) is 11.1 Å². The number of amides is 1. The molecule has 140 valence electrons. The van der Waals surface area contributed by atoms with Gasteiger partial charge in [0.05, 0.1) is 5.75 Å². The first-order valence-electron chi connectivity index (χ1n) is 8.86. The molecule has 1 amide bonds. The first kappa shape index (κ1) is 19.1. The van der Waals surface area contributed by atoms with E-state index in [1.807, 2.05) is 43.3 Å². The summed E-state index contributed by atoms with van der Waals surface area (Å²) in [5.41, 5.74) is 2.83. The summed E-state index contributed by atoms with van der Waals surface area (Å²) < 4.78 is 2.06. The predicted octanol–water partition coefficient (Wildman–Crippen LogP) is 4.04. The standard InChI is InChI=1S/C20H23N5OS/c1-14(2)12-25-19(16-7-5-9-21-11-16)23-24-20(25)27-13-18(26)22-17-8-4-6-15(3)10-17/h4-11,14H,12-13H2,1-3H3,(H,22,26). The van der Waals surface area contributed by atoms with Gasteiger partial charge in [0, 0.05) is 30.2 Å². The maximum absolute atomic E-state index is 12.3. The molecule has 0 aliphatic heterocycles. The normalized spacial score (nSPS) is 11.0. The van der Waals surface area contributed by atoms with E-state index < -0.39 is 0 Å². The van der Waals surface area contributed by atoms with Gasteiger partial charge in [0.25, 0.3) is 0 Å². The second kappa shape index (κ2) is 8.81. The molecule has 0 fully saturated rings. The fourth-order valence-corrected chi connectivity index (χ4v) is 3.43. The van der Waals surface area contributed by atoms with Crippen LogP contribution in [0.3, 0.4) is 0 Å². The molecule has 1 N–H and O–H groups in total. The number of hydrogen-bond donors (Lipinski definition) is 1. The summed E-state index contributed by atoms with van der Waals surface area (Å²) in [7, 11) is 0. The van der Waals surface area contributed by atoms with Gasteiger partial charge in [-0.15, -0.1) is 10.2 Å². The monoisotopic (exact) mass is 381 g/mol. The maximum Gasteiger partial charge on any atom is 0.234 e. The second-order valence-corrected chi connectivity index (χ2v) is 7.70. The first-order valence-corrected chi connectivity index (χ1v) is 9.84. The van der Waals surface area contributed by atoms with Crippen LogP contribution in [-0.4, -0.2) is 31.4 Å². The van der Waals surface area contributed by atoms with Gasteiger partial charge in [0.1, 0.15) is 0 Å². The van der Waals surface area contributed by atoms with Crippen molar-refractivity contribution in [3.63, 3.8) is 0 Å². The van der Waals surface area contributed by atoms with Gasteiger partial charge in [-0.05, 0) is 42.7 Å². The van der Waals surface area contributed by atoms with Gasteiger partial charge in [-0.3, -0.25) is 9.78 Å². The van der Waals surface area contributed by atoms with E-state index in [9.17, 15) is 4.79 Å². The van der Waals surface area contributed by atoms with E-state index in [1.165, 1.54) is 11.8 Å². The number of aromatic nitrogens is 4. The van der Waals surface area contributed by atoms with Gasteiger partial charge in [0.15, 0.2) is 11.0 Å². The van der Waals surface area contributed by atoms with Crippen molar-refractivity contribution in [2.24, 2.45) is 5.92 Å². The summed E-state index contributed by atoms with van der Waals surface area (Å²) in [6.07, 6.45) is 3.51. The smallest absolute Gasteiger partial charge is 0.234 e. The van der Waals surface area contributed by atoms with Gasteiger partial charge in [-0.2, -0.15) is 0 Å². The number of carbonyl (C=O) groups excluding carboxylic acids is 1. The topological polar surface area (TPSA) is 72.7 Å². The number of pyridine rings is 1. The molecule has 0 aliphatic carbocycles. The van der Waals surface area contributed by atoms with E-state index in [2.05, 4.69) is 38.9 Å². The van der Waals surface area contributed by atoms with Gasteiger partial charge in [-0.1, -0.05) is 37.7 Å². The molecule has 0 saturated carbocycles. The Hall–Kier alpha value is -2.67. The first-order chi connectivity index (χ1) is 13.0. The zero-order chi connectivity index (χ0) is 19.2. The van der Waals surface area contributed by atoms with E-state index in [1.54, 1.807) is 12.4 Å². The molecule has 0 bridgehead atoms. The van der Waals surface area contributed by atoms with Crippen LogP contribution in [0.5, 0.6) is 0 Å². The van der Waals surface area contributed by atoms with Crippen LogP contribution in [-0.2, 0) is 11.3 Å². The van der Waals surface area contributed by atoms with Gasteiger partial charge < -0.3 is 9.88 Å². The van der Waals surface area contributed by atoms with E-state index in [4.69, 9.17) is 0 Å². The number of nitrogens with zero attached hydrogens (tertiary/aromatic N) is 4. The van der Waals surface area contributed by atoms with Crippen LogP contribution in [0.2, 0.25) is 0 Å².